The van der Waals surface area contributed by atoms with Crippen molar-refractivity contribution in [2.24, 2.45) is 0 Å². The Morgan fingerprint density at radius 1 is 1.12 bits per heavy atom. The maximum atomic E-state index is 12.4. The number of nitrogens with one attached hydrogen (secondary N) is 2. The minimum absolute atomic E-state index is 0.0560. The Morgan fingerprint density at radius 3 is 2.58 bits per heavy atom. The number of amides is 1. The van der Waals surface area contributed by atoms with E-state index in [4.69, 9.17) is 0 Å². The Hall–Kier alpha value is -2.79. The molecule has 0 radical (unpaired) electrons. The van der Waals surface area contributed by atoms with E-state index >= 15 is 0 Å². The van der Waals surface area contributed by atoms with E-state index in [1.165, 1.54) is 12.0 Å². The highest BCUT2D eigenvalue weighted by molar-refractivity contribution is 5.77. The second-order valence-electron chi connectivity index (χ2n) is 9.74. The molecule has 0 unspecified atom stereocenters. The Morgan fingerprint density at radius 2 is 1.88 bits per heavy atom. The fourth-order valence-corrected chi connectivity index (χ4v) is 5.47. The Balaban J connectivity index is 1.08. The Bertz CT molecular complexity index is 977. The van der Waals surface area contributed by atoms with Crippen LogP contribution in [0.4, 0.5) is 0 Å². The quantitative estimate of drug-likeness (QED) is 0.650. The average molecular weight is 445 g/mol. The number of hydrogen-bond acceptors (Lipinski definition) is 6. The molecule has 172 valence electrons. The first kappa shape index (κ1) is 22.0. The zero-order chi connectivity index (χ0) is 22.7. The molecular weight excluding hydrogens is 412 g/mol. The summed E-state index contributed by atoms with van der Waals surface area (Å²) in [7, 11) is 0. The minimum atomic E-state index is -0.149. The monoisotopic (exact) mass is 444 g/mol. The Labute approximate surface area is 195 Å². The molecule has 2 N–H and O–H groups in total. The van der Waals surface area contributed by atoms with Crippen LogP contribution >= 0.6 is 0 Å². The van der Waals surface area contributed by atoms with Gasteiger partial charge in [-0.1, -0.05) is 36.4 Å². The predicted octanol–water partition coefficient (Wildman–Crippen LogP) is 2.23. The summed E-state index contributed by atoms with van der Waals surface area (Å²) >= 11 is 0. The number of carbonyl (C=O) groups excluding carboxylic acids is 1. The van der Waals surface area contributed by atoms with Gasteiger partial charge in [-0.15, -0.1) is 0 Å². The summed E-state index contributed by atoms with van der Waals surface area (Å²) in [5, 5.41) is 15.3. The fourth-order valence-electron chi connectivity index (χ4n) is 5.47. The summed E-state index contributed by atoms with van der Waals surface area (Å²) in [5.41, 5.74) is 5.05. The fraction of sp³-hybridized carbons (Fsp3) is 0.500. The van der Waals surface area contributed by atoms with Crippen LogP contribution in [0.3, 0.4) is 0 Å². The van der Waals surface area contributed by atoms with Gasteiger partial charge in [-0.25, -0.2) is 5.01 Å². The van der Waals surface area contributed by atoms with E-state index in [9.17, 15) is 10.1 Å². The number of hydrazine groups is 1. The highest BCUT2D eigenvalue weighted by atomic mass is 16.2. The molecule has 2 saturated heterocycles. The number of benzene rings is 1. The molecule has 3 fully saturated rings. The lowest BCUT2D eigenvalue weighted by Crippen LogP contribution is -2.74. The summed E-state index contributed by atoms with van der Waals surface area (Å²) in [6.07, 6.45) is 5.92. The molecule has 1 aromatic heterocycles. The topological polar surface area (TPSA) is 84.3 Å². The van der Waals surface area contributed by atoms with Gasteiger partial charge in [0.2, 0.25) is 5.91 Å². The van der Waals surface area contributed by atoms with Crippen molar-refractivity contribution in [3.63, 3.8) is 0 Å². The second kappa shape index (κ2) is 9.60. The number of likely N-dealkylation sites (tertiary alicyclic amines) is 1. The molecular formula is C26H32N6O. The molecule has 1 aliphatic carbocycles. The lowest BCUT2D eigenvalue weighted by Gasteiger charge is -2.56. The van der Waals surface area contributed by atoms with Gasteiger partial charge in [0.05, 0.1) is 24.4 Å². The van der Waals surface area contributed by atoms with E-state index in [-0.39, 0.29) is 17.9 Å². The minimum Gasteiger partial charge on any atom is -0.311 e. The third-order valence-electron chi connectivity index (χ3n) is 7.36. The smallest absolute Gasteiger partial charge is 0.240 e. The van der Waals surface area contributed by atoms with Crippen LogP contribution in [-0.2, 0) is 11.2 Å². The molecule has 1 amide bonds. The lowest BCUT2D eigenvalue weighted by atomic mass is 9.84. The lowest BCUT2D eigenvalue weighted by molar-refractivity contribution is -0.136. The van der Waals surface area contributed by atoms with Gasteiger partial charge >= 0.3 is 0 Å². The van der Waals surface area contributed by atoms with Crippen molar-refractivity contribution < 1.29 is 4.79 Å². The summed E-state index contributed by atoms with van der Waals surface area (Å²) in [6.45, 7) is 3.40. The van der Waals surface area contributed by atoms with Gasteiger partial charge in [-0.2, -0.15) is 5.26 Å². The number of piperidine rings is 1. The van der Waals surface area contributed by atoms with Crippen molar-refractivity contribution in [2.75, 3.05) is 26.2 Å². The third kappa shape index (κ3) is 5.09. The zero-order valence-corrected chi connectivity index (χ0v) is 19.0. The molecule has 1 saturated carbocycles. The van der Waals surface area contributed by atoms with Crippen LogP contribution in [0.25, 0.3) is 0 Å². The molecule has 7 nitrogen and oxygen atoms in total. The van der Waals surface area contributed by atoms with Crippen LogP contribution in [0, 0.1) is 11.3 Å². The van der Waals surface area contributed by atoms with E-state index in [2.05, 4.69) is 57.0 Å². The number of carbonyl (C=O) groups is 1. The van der Waals surface area contributed by atoms with Gasteiger partial charge in [-0.3, -0.25) is 20.1 Å². The normalized spacial score (nSPS) is 25.1. The first-order valence-corrected chi connectivity index (χ1v) is 12.0. The predicted molar refractivity (Wildman–Crippen MR) is 126 cm³/mol. The summed E-state index contributed by atoms with van der Waals surface area (Å²) in [4.78, 5) is 19.1. The van der Waals surface area contributed by atoms with Gasteiger partial charge < -0.3 is 5.32 Å². The molecule has 0 spiro atoms. The van der Waals surface area contributed by atoms with Gasteiger partial charge in [0.25, 0.3) is 0 Å². The van der Waals surface area contributed by atoms with Crippen LogP contribution in [0.15, 0.2) is 54.7 Å². The van der Waals surface area contributed by atoms with Crippen molar-refractivity contribution >= 4 is 5.91 Å². The van der Waals surface area contributed by atoms with E-state index in [1.807, 2.05) is 23.2 Å². The van der Waals surface area contributed by atoms with Gasteiger partial charge in [-0.05, 0) is 37.0 Å². The van der Waals surface area contributed by atoms with Crippen molar-refractivity contribution in [1.29, 1.82) is 5.26 Å². The molecule has 0 bridgehead atoms. The van der Waals surface area contributed by atoms with E-state index in [1.54, 1.807) is 6.20 Å². The molecule has 1 aromatic carbocycles. The van der Waals surface area contributed by atoms with Crippen LogP contribution in [0.2, 0.25) is 0 Å². The number of nitrogens with zero attached hydrogens (tertiary/aromatic N) is 4. The van der Waals surface area contributed by atoms with Crippen molar-refractivity contribution in [3.05, 3.63) is 66.0 Å². The van der Waals surface area contributed by atoms with Crippen LogP contribution in [0.1, 0.15) is 42.9 Å². The van der Waals surface area contributed by atoms with Crippen LogP contribution in [0.5, 0.6) is 0 Å². The largest absolute Gasteiger partial charge is 0.311 e. The van der Waals surface area contributed by atoms with Crippen molar-refractivity contribution in [3.8, 4) is 6.07 Å². The summed E-state index contributed by atoms with van der Waals surface area (Å²) < 4.78 is 0. The number of pyridine rings is 1. The SMILES string of the molecule is N#CCC1(N2CCC(N[C@@H]3C[C@H]3c3ccccc3)CC2)CN(NC(=O)Cc2ccccn2)C1. The molecule has 3 aliphatic rings. The maximum Gasteiger partial charge on any atom is 0.240 e. The third-order valence-corrected chi connectivity index (χ3v) is 7.36. The number of aromatic nitrogens is 1. The molecule has 3 heterocycles. The number of hydrogen-bond donors (Lipinski definition) is 2. The van der Waals surface area contributed by atoms with Gasteiger partial charge in [0.15, 0.2) is 0 Å². The number of rotatable bonds is 8. The maximum absolute atomic E-state index is 12.4. The number of nitriles is 1. The van der Waals surface area contributed by atoms with Crippen molar-refractivity contribution in [2.45, 2.75) is 55.6 Å². The average Bonchev–Trinajstić information content (AvgIpc) is 3.58. The van der Waals surface area contributed by atoms with Gasteiger partial charge in [0, 0.05) is 56.1 Å². The van der Waals surface area contributed by atoms with E-state index < -0.39 is 0 Å². The summed E-state index contributed by atoms with van der Waals surface area (Å²) in [5.74, 6) is 0.601. The second-order valence-corrected chi connectivity index (χ2v) is 9.74. The standard InChI is InChI=1S/C26H32N6O/c27-12-11-26(18-32(19-26)30-25(33)16-22-8-4-5-13-28-22)31-14-9-21(10-15-31)29-24-17-23(24)20-6-2-1-3-7-20/h1-8,13,21,23-24,29H,9-11,14-19H2,(H,30,33)/t23-,24+/m0/s1. The molecule has 2 aliphatic heterocycles. The van der Waals surface area contributed by atoms with E-state index in [0.717, 1.165) is 31.6 Å². The van der Waals surface area contributed by atoms with Gasteiger partial charge in [0.1, 0.15) is 0 Å². The molecule has 5 rings (SSSR count). The van der Waals surface area contributed by atoms with E-state index in [0.29, 0.717) is 37.5 Å². The highest BCUT2D eigenvalue weighted by Crippen LogP contribution is 2.41. The Kier molecular flexibility index (Phi) is 6.41. The summed E-state index contributed by atoms with van der Waals surface area (Å²) in [6, 6.07) is 19.9. The molecule has 7 heteroatoms. The van der Waals surface area contributed by atoms with Crippen LogP contribution < -0.4 is 10.7 Å². The van der Waals surface area contributed by atoms with Crippen LogP contribution in [-0.4, -0.2) is 64.6 Å². The highest BCUT2D eigenvalue weighted by Gasteiger charge is 2.49. The molecule has 2 aromatic rings. The first-order chi connectivity index (χ1) is 16.1. The molecule has 2 atom stereocenters. The zero-order valence-electron chi connectivity index (χ0n) is 19.0. The molecule has 33 heavy (non-hydrogen) atoms. The van der Waals surface area contributed by atoms with Crippen molar-refractivity contribution in [1.82, 2.24) is 25.6 Å². The first-order valence-electron chi connectivity index (χ1n) is 12.0.